The van der Waals surface area contributed by atoms with E-state index in [9.17, 15) is 4.79 Å². The fourth-order valence-electron chi connectivity index (χ4n) is 2.19. The summed E-state index contributed by atoms with van der Waals surface area (Å²) in [6, 6.07) is 3.43. The summed E-state index contributed by atoms with van der Waals surface area (Å²) in [5.74, 6) is 0.202. The number of aliphatic hydroxyl groups excluding tert-OH is 1. The Hall–Kier alpha value is -1.33. The maximum absolute atomic E-state index is 12.0. The zero-order valence-electron chi connectivity index (χ0n) is 10.7. The Morgan fingerprint density at radius 2 is 2.42 bits per heavy atom. The van der Waals surface area contributed by atoms with Gasteiger partial charge < -0.3 is 15.3 Å². The van der Waals surface area contributed by atoms with Gasteiger partial charge in [0.1, 0.15) is 0 Å². The first-order valence-electron chi connectivity index (χ1n) is 6.43. The molecular formula is C13H18ClN3O2. The van der Waals surface area contributed by atoms with Crippen LogP contribution >= 0.6 is 11.6 Å². The number of halogens is 1. The van der Waals surface area contributed by atoms with Crippen molar-refractivity contribution in [2.24, 2.45) is 5.92 Å². The van der Waals surface area contributed by atoms with E-state index in [-0.39, 0.29) is 18.6 Å². The van der Waals surface area contributed by atoms with Gasteiger partial charge in [-0.1, -0.05) is 11.6 Å². The minimum Gasteiger partial charge on any atom is -0.396 e. The molecule has 2 heterocycles. The van der Waals surface area contributed by atoms with Crippen molar-refractivity contribution >= 4 is 17.6 Å². The lowest BCUT2D eigenvalue weighted by Crippen LogP contribution is -2.46. The summed E-state index contributed by atoms with van der Waals surface area (Å²) in [5, 5.41) is 12.6. The molecule has 2 rings (SSSR count). The molecule has 2 amide bonds. The Morgan fingerprint density at radius 1 is 1.58 bits per heavy atom. The summed E-state index contributed by atoms with van der Waals surface area (Å²) in [6.45, 7) is 1.89. The van der Waals surface area contributed by atoms with Crippen LogP contribution in [0.15, 0.2) is 18.3 Å². The molecule has 1 unspecified atom stereocenters. The number of aromatic nitrogens is 1. The number of carbonyl (C=O) groups is 1. The Bertz CT molecular complexity index is 424. The maximum Gasteiger partial charge on any atom is 0.317 e. The second-order valence-corrected chi connectivity index (χ2v) is 5.20. The summed E-state index contributed by atoms with van der Waals surface area (Å²) in [6.07, 6.45) is 3.49. The molecule has 6 heteroatoms. The van der Waals surface area contributed by atoms with E-state index in [0.29, 0.717) is 18.1 Å². The van der Waals surface area contributed by atoms with Crippen LogP contribution in [-0.2, 0) is 6.54 Å². The molecule has 2 N–H and O–H groups in total. The third-order valence-corrected chi connectivity index (χ3v) is 3.50. The fourth-order valence-corrected chi connectivity index (χ4v) is 2.30. The minimum atomic E-state index is -0.102. The molecule has 19 heavy (non-hydrogen) atoms. The zero-order chi connectivity index (χ0) is 13.7. The number of urea groups is 1. The number of carbonyl (C=O) groups excluding carboxylic acids is 1. The van der Waals surface area contributed by atoms with Crippen molar-refractivity contribution in [3.05, 3.63) is 29.0 Å². The molecular weight excluding hydrogens is 266 g/mol. The number of hydrogen-bond donors (Lipinski definition) is 2. The molecule has 1 saturated heterocycles. The molecule has 1 fully saturated rings. The van der Waals surface area contributed by atoms with Crippen LogP contribution in [0.5, 0.6) is 0 Å². The first-order valence-corrected chi connectivity index (χ1v) is 6.81. The van der Waals surface area contributed by atoms with Crippen molar-refractivity contribution < 1.29 is 9.90 Å². The highest BCUT2D eigenvalue weighted by Gasteiger charge is 2.22. The highest BCUT2D eigenvalue weighted by molar-refractivity contribution is 6.30. The van der Waals surface area contributed by atoms with Crippen molar-refractivity contribution in [1.82, 2.24) is 15.2 Å². The normalized spacial score (nSPS) is 19.3. The number of nitrogens with one attached hydrogen (secondary N) is 1. The molecule has 0 spiro atoms. The monoisotopic (exact) mass is 283 g/mol. The molecule has 0 saturated carbocycles. The van der Waals surface area contributed by atoms with E-state index in [4.69, 9.17) is 16.7 Å². The Kier molecular flexibility index (Phi) is 4.99. The van der Waals surface area contributed by atoms with E-state index in [1.54, 1.807) is 23.2 Å². The number of aliphatic hydroxyl groups is 1. The lowest BCUT2D eigenvalue weighted by Gasteiger charge is -2.31. The number of amides is 2. The van der Waals surface area contributed by atoms with Crippen LogP contribution in [0.4, 0.5) is 4.79 Å². The van der Waals surface area contributed by atoms with Crippen molar-refractivity contribution in [2.75, 3.05) is 19.7 Å². The molecule has 0 bridgehead atoms. The number of likely N-dealkylation sites (tertiary alicyclic amines) is 1. The molecule has 0 aliphatic carbocycles. The summed E-state index contributed by atoms with van der Waals surface area (Å²) in [5.41, 5.74) is 0.772. The lowest BCUT2D eigenvalue weighted by atomic mass is 9.99. The molecule has 0 aromatic carbocycles. The van der Waals surface area contributed by atoms with Gasteiger partial charge in [-0.3, -0.25) is 4.98 Å². The summed E-state index contributed by atoms with van der Waals surface area (Å²) in [7, 11) is 0. The van der Waals surface area contributed by atoms with Gasteiger partial charge in [0.25, 0.3) is 0 Å². The van der Waals surface area contributed by atoms with Crippen LogP contribution in [0.3, 0.4) is 0 Å². The molecule has 1 aromatic rings. The predicted molar refractivity (Wildman–Crippen MR) is 72.9 cm³/mol. The van der Waals surface area contributed by atoms with E-state index in [1.165, 1.54) is 0 Å². The predicted octanol–water partition coefficient (Wildman–Crippen LogP) is 1.65. The second kappa shape index (κ2) is 6.73. The highest BCUT2D eigenvalue weighted by Crippen LogP contribution is 2.15. The number of piperidine rings is 1. The number of pyridine rings is 1. The van der Waals surface area contributed by atoms with Gasteiger partial charge in [-0.2, -0.15) is 0 Å². The third kappa shape index (κ3) is 4.08. The van der Waals surface area contributed by atoms with Crippen LogP contribution in [0.25, 0.3) is 0 Å². The number of nitrogens with zero attached hydrogens (tertiary/aromatic N) is 2. The average molecular weight is 284 g/mol. The van der Waals surface area contributed by atoms with Gasteiger partial charge in [0.2, 0.25) is 0 Å². The van der Waals surface area contributed by atoms with E-state index < -0.39 is 0 Å². The number of hydrogen-bond acceptors (Lipinski definition) is 3. The van der Waals surface area contributed by atoms with E-state index >= 15 is 0 Å². The summed E-state index contributed by atoms with van der Waals surface area (Å²) >= 11 is 5.75. The third-order valence-electron chi connectivity index (χ3n) is 3.27. The molecule has 1 aromatic heterocycles. The molecule has 0 radical (unpaired) electrons. The maximum atomic E-state index is 12.0. The van der Waals surface area contributed by atoms with E-state index in [1.807, 2.05) is 0 Å². The quantitative estimate of drug-likeness (QED) is 0.886. The van der Waals surface area contributed by atoms with Gasteiger partial charge in [-0.05, 0) is 30.9 Å². The lowest BCUT2D eigenvalue weighted by molar-refractivity contribution is 0.129. The zero-order valence-corrected chi connectivity index (χ0v) is 11.4. The van der Waals surface area contributed by atoms with E-state index in [2.05, 4.69) is 10.3 Å². The van der Waals surface area contributed by atoms with Crippen LogP contribution in [-0.4, -0.2) is 40.7 Å². The summed E-state index contributed by atoms with van der Waals surface area (Å²) < 4.78 is 0. The number of rotatable bonds is 3. The van der Waals surface area contributed by atoms with Crippen LogP contribution in [0.2, 0.25) is 5.02 Å². The second-order valence-electron chi connectivity index (χ2n) is 4.76. The van der Waals surface area contributed by atoms with Gasteiger partial charge in [-0.15, -0.1) is 0 Å². The van der Waals surface area contributed by atoms with E-state index in [0.717, 1.165) is 25.1 Å². The van der Waals surface area contributed by atoms with Gasteiger partial charge in [-0.25, -0.2) is 4.79 Å². The Labute approximate surface area is 117 Å². The fraction of sp³-hybridized carbons (Fsp3) is 0.538. The highest BCUT2D eigenvalue weighted by atomic mass is 35.5. The largest absolute Gasteiger partial charge is 0.396 e. The van der Waals surface area contributed by atoms with Crippen molar-refractivity contribution in [1.29, 1.82) is 0 Å². The molecule has 1 aliphatic heterocycles. The Balaban J connectivity index is 1.82. The van der Waals surface area contributed by atoms with Gasteiger partial charge in [0.05, 0.1) is 17.3 Å². The minimum absolute atomic E-state index is 0.102. The topological polar surface area (TPSA) is 65.5 Å². The first-order chi connectivity index (χ1) is 9.19. The molecule has 104 valence electrons. The molecule has 1 atom stereocenters. The van der Waals surface area contributed by atoms with Crippen LogP contribution in [0.1, 0.15) is 18.5 Å². The average Bonchev–Trinajstić information content (AvgIpc) is 2.46. The first kappa shape index (κ1) is 14.1. The molecule has 5 nitrogen and oxygen atoms in total. The SMILES string of the molecule is O=C(NCc1ccc(Cl)cn1)N1CCCC(CO)C1. The van der Waals surface area contributed by atoms with Gasteiger partial charge in [0, 0.05) is 25.9 Å². The summed E-state index contributed by atoms with van der Waals surface area (Å²) in [4.78, 5) is 17.9. The smallest absolute Gasteiger partial charge is 0.317 e. The standard InChI is InChI=1S/C13H18ClN3O2/c14-11-3-4-12(15-6-11)7-16-13(19)17-5-1-2-10(8-17)9-18/h3-4,6,10,18H,1-2,5,7-9H2,(H,16,19). The Morgan fingerprint density at radius 3 is 3.11 bits per heavy atom. The van der Waals surface area contributed by atoms with Crippen molar-refractivity contribution in [2.45, 2.75) is 19.4 Å². The molecule has 1 aliphatic rings. The van der Waals surface area contributed by atoms with Crippen LogP contribution in [0, 0.1) is 5.92 Å². The van der Waals surface area contributed by atoms with Crippen molar-refractivity contribution in [3.63, 3.8) is 0 Å². The van der Waals surface area contributed by atoms with Crippen LogP contribution < -0.4 is 5.32 Å². The van der Waals surface area contributed by atoms with Crippen molar-refractivity contribution in [3.8, 4) is 0 Å². The van der Waals surface area contributed by atoms with Gasteiger partial charge in [0.15, 0.2) is 0 Å². The van der Waals surface area contributed by atoms with Gasteiger partial charge >= 0.3 is 6.03 Å².